The van der Waals surface area contributed by atoms with Crippen LogP contribution in [0.4, 0.5) is 4.39 Å². The molecule has 39 heavy (non-hydrogen) atoms. The first-order valence-corrected chi connectivity index (χ1v) is 13.8. The summed E-state index contributed by atoms with van der Waals surface area (Å²) in [5, 5.41) is 0.433. The van der Waals surface area contributed by atoms with Crippen LogP contribution in [0.5, 0.6) is 0 Å². The fourth-order valence-electron chi connectivity index (χ4n) is 4.54. The minimum atomic E-state index is -0.375. The van der Waals surface area contributed by atoms with E-state index < -0.39 is 0 Å². The van der Waals surface area contributed by atoms with Gasteiger partial charge in [0, 0.05) is 19.5 Å². The van der Waals surface area contributed by atoms with Crippen molar-refractivity contribution in [1.29, 1.82) is 0 Å². The van der Waals surface area contributed by atoms with E-state index in [1.807, 2.05) is 0 Å². The van der Waals surface area contributed by atoms with Crippen LogP contribution in [0.15, 0.2) is 76.7 Å². The summed E-state index contributed by atoms with van der Waals surface area (Å²) in [5.41, 5.74) is 1.29. The summed E-state index contributed by atoms with van der Waals surface area (Å²) in [4.78, 5) is 42.7. The van der Waals surface area contributed by atoms with Gasteiger partial charge in [-0.3, -0.25) is 14.4 Å². The van der Waals surface area contributed by atoms with Crippen LogP contribution in [-0.2, 0) is 22.7 Å². The molecule has 0 radical (unpaired) electrons. The maximum atomic E-state index is 13.6. The number of hydrogen-bond donors (Lipinski definition) is 0. The molecular formula is C32H39FN2O4. The van der Waals surface area contributed by atoms with Gasteiger partial charge in [-0.15, -0.1) is 6.58 Å². The van der Waals surface area contributed by atoms with E-state index in [1.54, 1.807) is 42.5 Å². The van der Waals surface area contributed by atoms with Gasteiger partial charge in [0.25, 0.3) is 0 Å². The van der Waals surface area contributed by atoms with Gasteiger partial charge in [0.15, 0.2) is 5.43 Å². The van der Waals surface area contributed by atoms with Gasteiger partial charge < -0.3 is 14.2 Å². The molecule has 2 aromatic carbocycles. The number of unbranched alkanes of at least 4 members (excludes halogenated alkanes) is 6. The fraction of sp³-hybridized carbons (Fsp3) is 0.406. The van der Waals surface area contributed by atoms with Gasteiger partial charge in [-0.05, 0) is 36.2 Å². The van der Waals surface area contributed by atoms with Crippen LogP contribution < -0.4 is 5.43 Å². The number of benzene rings is 2. The van der Waals surface area contributed by atoms with Crippen molar-refractivity contribution >= 4 is 22.8 Å². The Bertz CT molecular complexity index is 1290. The molecule has 0 aliphatic rings. The smallest absolute Gasteiger partial charge is 0.242 e. The van der Waals surface area contributed by atoms with Crippen molar-refractivity contribution in [3.05, 3.63) is 94.6 Å². The van der Waals surface area contributed by atoms with Crippen molar-refractivity contribution < 1.29 is 18.4 Å². The molecule has 3 aromatic rings. The van der Waals surface area contributed by atoms with Crippen molar-refractivity contribution in [1.82, 2.24) is 9.80 Å². The van der Waals surface area contributed by atoms with Gasteiger partial charge in [0.2, 0.25) is 11.8 Å². The average molecular weight is 535 g/mol. The number of fused-ring (bicyclic) bond motifs is 1. The molecule has 2 amide bonds. The molecule has 0 spiro atoms. The molecule has 0 atom stereocenters. The summed E-state index contributed by atoms with van der Waals surface area (Å²) < 4.78 is 19.1. The van der Waals surface area contributed by atoms with Crippen LogP contribution >= 0.6 is 0 Å². The largest absolute Gasteiger partial charge is 0.464 e. The lowest BCUT2D eigenvalue weighted by Gasteiger charge is -2.27. The molecule has 3 rings (SSSR count). The Labute approximate surface area is 230 Å². The third-order valence-electron chi connectivity index (χ3n) is 6.77. The molecule has 0 aliphatic heterocycles. The molecule has 1 aromatic heterocycles. The highest BCUT2D eigenvalue weighted by Gasteiger charge is 2.22. The lowest BCUT2D eigenvalue weighted by molar-refractivity contribution is -0.140. The summed E-state index contributed by atoms with van der Waals surface area (Å²) in [6.07, 6.45) is 11.1. The Hall–Kier alpha value is -3.74. The normalized spacial score (nSPS) is 10.9. The lowest BCUT2D eigenvalue weighted by Crippen LogP contribution is -2.43. The van der Waals surface area contributed by atoms with Gasteiger partial charge in [-0.25, -0.2) is 4.39 Å². The van der Waals surface area contributed by atoms with Gasteiger partial charge in [-0.2, -0.15) is 0 Å². The maximum Gasteiger partial charge on any atom is 0.242 e. The van der Waals surface area contributed by atoms with Crippen molar-refractivity contribution in [2.75, 3.05) is 13.1 Å². The van der Waals surface area contributed by atoms with E-state index >= 15 is 0 Å². The zero-order valence-corrected chi connectivity index (χ0v) is 22.9. The van der Waals surface area contributed by atoms with Crippen LogP contribution in [0.25, 0.3) is 11.0 Å². The first-order chi connectivity index (χ1) is 18.9. The molecule has 0 saturated heterocycles. The summed E-state index contributed by atoms with van der Waals surface area (Å²) in [7, 11) is 0. The van der Waals surface area contributed by atoms with E-state index in [2.05, 4.69) is 13.5 Å². The molecule has 0 bridgehead atoms. The molecule has 0 aliphatic carbocycles. The summed E-state index contributed by atoms with van der Waals surface area (Å²) in [6.45, 7) is 6.20. The van der Waals surface area contributed by atoms with E-state index in [4.69, 9.17) is 4.42 Å². The van der Waals surface area contributed by atoms with Crippen LogP contribution in [0.3, 0.4) is 0 Å². The predicted molar refractivity (Wildman–Crippen MR) is 153 cm³/mol. The van der Waals surface area contributed by atoms with Crippen LogP contribution in [0, 0.1) is 5.82 Å². The molecule has 0 unspecified atom stereocenters. The van der Waals surface area contributed by atoms with E-state index in [-0.39, 0.29) is 49.2 Å². The van der Waals surface area contributed by atoms with Gasteiger partial charge in [-0.1, -0.05) is 75.8 Å². The zero-order chi connectivity index (χ0) is 28.0. The fourth-order valence-corrected chi connectivity index (χ4v) is 4.54. The number of hydrogen-bond acceptors (Lipinski definition) is 4. The Balaban J connectivity index is 1.72. The van der Waals surface area contributed by atoms with Crippen molar-refractivity contribution in [2.24, 2.45) is 0 Å². The molecule has 0 saturated carbocycles. The Morgan fingerprint density at radius 1 is 0.897 bits per heavy atom. The quantitative estimate of drug-likeness (QED) is 0.153. The topological polar surface area (TPSA) is 70.8 Å². The lowest BCUT2D eigenvalue weighted by atomic mass is 10.1. The van der Waals surface area contributed by atoms with Crippen molar-refractivity contribution in [2.45, 2.75) is 71.4 Å². The van der Waals surface area contributed by atoms with Crippen molar-refractivity contribution in [3.8, 4) is 0 Å². The Morgan fingerprint density at radius 3 is 2.31 bits per heavy atom. The number of para-hydroxylation sites is 1. The first kappa shape index (κ1) is 29.8. The van der Waals surface area contributed by atoms with Gasteiger partial charge >= 0.3 is 0 Å². The number of nitrogens with zero attached hydrogens (tertiary/aromatic N) is 2. The monoisotopic (exact) mass is 534 g/mol. The Kier molecular flexibility index (Phi) is 11.9. The molecule has 1 heterocycles. The van der Waals surface area contributed by atoms with Crippen LogP contribution in [0.1, 0.15) is 69.4 Å². The predicted octanol–water partition coefficient (Wildman–Crippen LogP) is 6.62. The van der Waals surface area contributed by atoms with Gasteiger partial charge in [0.05, 0.1) is 23.8 Å². The zero-order valence-electron chi connectivity index (χ0n) is 22.9. The highest BCUT2D eigenvalue weighted by atomic mass is 19.1. The van der Waals surface area contributed by atoms with E-state index in [9.17, 15) is 18.8 Å². The van der Waals surface area contributed by atoms with Crippen LogP contribution in [0.2, 0.25) is 0 Å². The molecule has 6 nitrogen and oxygen atoms in total. The third-order valence-corrected chi connectivity index (χ3v) is 6.77. The highest BCUT2D eigenvalue weighted by Crippen LogP contribution is 2.15. The van der Waals surface area contributed by atoms with E-state index in [0.29, 0.717) is 28.5 Å². The molecule has 7 heteroatoms. The van der Waals surface area contributed by atoms with E-state index in [0.717, 1.165) is 19.3 Å². The summed E-state index contributed by atoms with van der Waals surface area (Å²) in [6, 6.07) is 12.8. The van der Waals surface area contributed by atoms with Gasteiger partial charge in [0.1, 0.15) is 17.9 Å². The van der Waals surface area contributed by atoms with E-state index in [1.165, 1.54) is 53.9 Å². The number of rotatable bonds is 16. The molecule has 208 valence electrons. The first-order valence-electron chi connectivity index (χ1n) is 13.8. The average Bonchev–Trinajstić information content (AvgIpc) is 2.94. The van der Waals surface area contributed by atoms with Crippen molar-refractivity contribution in [3.63, 3.8) is 0 Å². The third kappa shape index (κ3) is 9.20. The summed E-state index contributed by atoms with van der Waals surface area (Å²) in [5.74, 6) is -0.787. The maximum absolute atomic E-state index is 13.6. The minimum absolute atomic E-state index is 0.00272. The molecule has 0 fully saturated rings. The standard InChI is InChI=1S/C32H39FN2O4/c1-3-5-6-7-8-9-10-15-30(36)34(20-4-2)23-31(37)35(21-25-16-18-27(33)19-17-25)22-26-24-39-29-14-12-11-13-28(29)32(26)38/h4,11-14,16-19,24H,2-3,5-10,15,20-23H2,1H3. The SMILES string of the molecule is C=CCN(CC(=O)N(Cc1ccc(F)cc1)Cc1coc2ccccc2c1=O)C(=O)CCCCCCCCC. The van der Waals surface area contributed by atoms with Crippen LogP contribution in [-0.4, -0.2) is 34.7 Å². The molecule has 0 N–H and O–H groups in total. The highest BCUT2D eigenvalue weighted by molar-refractivity contribution is 5.85. The second-order valence-corrected chi connectivity index (χ2v) is 9.90. The number of carbonyl (C=O) groups excluding carboxylic acids is 2. The minimum Gasteiger partial charge on any atom is -0.464 e. The second kappa shape index (κ2) is 15.6. The number of carbonyl (C=O) groups is 2. The summed E-state index contributed by atoms with van der Waals surface area (Å²) >= 11 is 0. The number of amides is 2. The Morgan fingerprint density at radius 2 is 1.59 bits per heavy atom. The second-order valence-electron chi connectivity index (χ2n) is 9.90. The molecular weight excluding hydrogens is 495 g/mol. The number of halogens is 1.